The average molecular weight is 1510 g/mol. The summed E-state index contributed by atoms with van der Waals surface area (Å²) in [7, 11) is -9.92. The van der Waals surface area contributed by atoms with Crippen LogP contribution in [0.1, 0.15) is 446 Å². The number of aliphatic hydroxyl groups is 1. The molecule has 0 fully saturated rings. The number of carbonyl (C=O) groups is 4. The van der Waals surface area contributed by atoms with Gasteiger partial charge in [0.2, 0.25) is 0 Å². The van der Waals surface area contributed by atoms with Crippen LogP contribution in [0.4, 0.5) is 0 Å². The van der Waals surface area contributed by atoms with Gasteiger partial charge < -0.3 is 33.8 Å². The molecule has 0 aromatic heterocycles. The maximum absolute atomic E-state index is 13.1. The Morgan fingerprint density at radius 1 is 0.262 bits per heavy atom. The van der Waals surface area contributed by atoms with Gasteiger partial charge in [0.05, 0.1) is 26.4 Å². The quantitative estimate of drug-likeness (QED) is 0.0222. The highest BCUT2D eigenvalue weighted by molar-refractivity contribution is 7.47. The zero-order valence-corrected chi connectivity index (χ0v) is 69.4. The van der Waals surface area contributed by atoms with Crippen LogP contribution in [-0.4, -0.2) is 96.7 Å². The van der Waals surface area contributed by atoms with Crippen LogP contribution in [0.3, 0.4) is 0 Å². The normalized spacial score (nSPS) is 13.9. The number of rotatable bonds is 83. The highest BCUT2D eigenvalue weighted by Crippen LogP contribution is 2.45. The lowest BCUT2D eigenvalue weighted by Gasteiger charge is -2.21. The largest absolute Gasteiger partial charge is 0.472 e. The number of phosphoric ester groups is 2. The molecular formula is C84H164O17P2. The van der Waals surface area contributed by atoms with E-state index in [1.807, 2.05) is 0 Å². The molecule has 612 valence electrons. The molecule has 0 radical (unpaired) electrons. The third-order valence-electron chi connectivity index (χ3n) is 19.7. The van der Waals surface area contributed by atoms with Crippen LogP contribution in [0.25, 0.3) is 0 Å². The van der Waals surface area contributed by atoms with Gasteiger partial charge in [0, 0.05) is 25.7 Å². The summed E-state index contributed by atoms with van der Waals surface area (Å²) in [6.07, 6.45) is 66.6. The lowest BCUT2D eigenvalue weighted by Crippen LogP contribution is -2.30. The number of hydrogen-bond acceptors (Lipinski definition) is 15. The molecule has 0 aliphatic rings. The van der Waals surface area contributed by atoms with Crippen molar-refractivity contribution in [3.63, 3.8) is 0 Å². The van der Waals surface area contributed by atoms with E-state index >= 15 is 0 Å². The summed E-state index contributed by atoms with van der Waals surface area (Å²) in [5, 5.41) is 10.7. The first-order valence-electron chi connectivity index (χ1n) is 43.5. The molecule has 0 aliphatic carbocycles. The molecule has 0 saturated carbocycles. The zero-order chi connectivity index (χ0) is 75.6. The molecule has 103 heavy (non-hydrogen) atoms. The van der Waals surface area contributed by atoms with Crippen molar-refractivity contribution in [2.75, 3.05) is 39.6 Å². The van der Waals surface area contributed by atoms with Crippen LogP contribution in [0.2, 0.25) is 0 Å². The highest BCUT2D eigenvalue weighted by atomic mass is 31.2. The molecule has 0 aromatic carbocycles. The van der Waals surface area contributed by atoms with E-state index < -0.39 is 97.5 Å². The van der Waals surface area contributed by atoms with Gasteiger partial charge in [-0.1, -0.05) is 395 Å². The Bertz CT molecular complexity index is 1980. The van der Waals surface area contributed by atoms with Gasteiger partial charge in [-0.3, -0.25) is 37.3 Å². The fourth-order valence-corrected chi connectivity index (χ4v) is 14.6. The minimum absolute atomic E-state index is 0.108. The van der Waals surface area contributed by atoms with Crippen molar-refractivity contribution in [2.24, 2.45) is 11.8 Å². The van der Waals surface area contributed by atoms with E-state index in [1.54, 1.807) is 0 Å². The lowest BCUT2D eigenvalue weighted by atomic mass is 10.0. The average Bonchev–Trinajstić information content (AvgIpc) is 0.919. The van der Waals surface area contributed by atoms with Crippen LogP contribution in [0.15, 0.2) is 0 Å². The molecule has 0 rings (SSSR count). The van der Waals surface area contributed by atoms with Crippen molar-refractivity contribution in [3.8, 4) is 0 Å². The summed E-state index contributed by atoms with van der Waals surface area (Å²) >= 11 is 0. The van der Waals surface area contributed by atoms with Gasteiger partial charge in [-0.2, -0.15) is 0 Å². The van der Waals surface area contributed by atoms with E-state index in [-0.39, 0.29) is 25.7 Å². The van der Waals surface area contributed by atoms with Gasteiger partial charge in [0.25, 0.3) is 0 Å². The second kappa shape index (κ2) is 75.5. The molecule has 0 amide bonds. The highest BCUT2D eigenvalue weighted by Gasteiger charge is 2.30. The molecule has 19 heteroatoms. The molecule has 17 nitrogen and oxygen atoms in total. The Balaban J connectivity index is 5.22. The number of carbonyl (C=O) groups excluding carboxylic acids is 4. The van der Waals surface area contributed by atoms with Crippen LogP contribution < -0.4 is 0 Å². The summed E-state index contributed by atoms with van der Waals surface area (Å²) < 4.78 is 68.8. The van der Waals surface area contributed by atoms with Gasteiger partial charge in [-0.15, -0.1) is 0 Å². The molecule has 0 bridgehead atoms. The third kappa shape index (κ3) is 78.0. The molecule has 0 aromatic rings. The SMILES string of the molecule is CCCCCCCCCCCCCCCCCCCCCC(=O)O[C@H](COC(=O)CCCCCCCCCCCCCCCCCC(C)C)COP(=O)(O)OC[C@@H](O)COP(=O)(O)OC[C@@H](COC(=O)CCCCCCCCCCC)OC(=O)CCCCCCCCCCCCCCCCC(C)C. The molecule has 2 unspecified atom stereocenters. The summed E-state index contributed by atoms with van der Waals surface area (Å²) in [4.78, 5) is 73.1. The molecule has 0 heterocycles. The maximum Gasteiger partial charge on any atom is 0.472 e. The second-order valence-electron chi connectivity index (χ2n) is 31.2. The minimum atomic E-state index is -4.96. The summed E-state index contributed by atoms with van der Waals surface area (Å²) in [5.41, 5.74) is 0. The lowest BCUT2D eigenvalue weighted by molar-refractivity contribution is -0.161. The molecular weight excluding hydrogens is 1340 g/mol. The molecule has 0 aliphatic heterocycles. The topological polar surface area (TPSA) is 237 Å². The standard InChI is InChI=1S/C84H164O17P2/c1-7-9-11-13-15-17-18-19-20-21-22-23-26-33-38-44-50-56-62-68-84(89)101-80(73-95-82(87)67-61-55-49-43-37-32-27-24-25-30-35-41-46-52-58-64-76(3)4)75-99-103(92,93)97-71-78(85)70-96-102(90,91)98-74-79(72-94-81(86)66-60-54-48-40-16-14-12-10-8-2)100-83(88)69-63-57-51-45-39-34-29-28-31-36-42-47-53-59-65-77(5)6/h76-80,85H,7-75H2,1-6H3,(H,90,91)(H,92,93)/t78-,79+,80+/m0/s1. The number of hydrogen-bond donors (Lipinski definition) is 3. The van der Waals surface area contributed by atoms with E-state index in [9.17, 15) is 43.2 Å². The van der Waals surface area contributed by atoms with Crippen molar-refractivity contribution in [3.05, 3.63) is 0 Å². The van der Waals surface area contributed by atoms with E-state index in [1.165, 1.54) is 263 Å². The molecule has 3 N–H and O–H groups in total. The van der Waals surface area contributed by atoms with Gasteiger partial charge in [-0.05, 0) is 37.5 Å². The van der Waals surface area contributed by atoms with E-state index in [2.05, 4.69) is 41.5 Å². The van der Waals surface area contributed by atoms with E-state index in [0.29, 0.717) is 25.7 Å². The van der Waals surface area contributed by atoms with E-state index in [4.69, 9.17) is 37.0 Å². The summed E-state index contributed by atoms with van der Waals surface area (Å²) in [6, 6.07) is 0. The van der Waals surface area contributed by atoms with Crippen LogP contribution in [0, 0.1) is 11.8 Å². The molecule has 0 spiro atoms. The Morgan fingerprint density at radius 2 is 0.447 bits per heavy atom. The van der Waals surface area contributed by atoms with Crippen molar-refractivity contribution >= 4 is 39.5 Å². The molecule has 5 atom stereocenters. The van der Waals surface area contributed by atoms with E-state index in [0.717, 1.165) is 102 Å². The second-order valence-corrected chi connectivity index (χ2v) is 34.1. The fraction of sp³-hybridized carbons (Fsp3) is 0.952. The summed E-state index contributed by atoms with van der Waals surface area (Å²) in [5.74, 6) is -0.503. The zero-order valence-electron chi connectivity index (χ0n) is 67.6. The van der Waals surface area contributed by atoms with Crippen LogP contribution in [0.5, 0.6) is 0 Å². The van der Waals surface area contributed by atoms with Crippen molar-refractivity contribution in [1.82, 2.24) is 0 Å². The Kier molecular flexibility index (Phi) is 74.1. The third-order valence-corrected chi connectivity index (χ3v) is 21.6. The number of ether oxygens (including phenoxy) is 4. The van der Waals surface area contributed by atoms with Crippen LogP contribution >= 0.6 is 15.6 Å². The van der Waals surface area contributed by atoms with Crippen molar-refractivity contribution in [1.29, 1.82) is 0 Å². The first-order valence-corrected chi connectivity index (χ1v) is 46.5. The predicted molar refractivity (Wildman–Crippen MR) is 423 cm³/mol. The van der Waals surface area contributed by atoms with Gasteiger partial charge >= 0.3 is 39.5 Å². The first kappa shape index (κ1) is 101. The number of esters is 4. The van der Waals surface area contributed by atoms with Crippen molar-refractivity contribution in [2.45, 2.75) is 464 Å². The Labute approximate surface area is 632 Å². The Morgan fingerprint density at radius 3 is 0.660 bits per heavy atom. The van der Waals surface area contributed by atoms with Crippen LogP contribution in [-0.2, 0) is 65.4 Å². The monoisotopic (exact) mass is 1510 g/mol. The van der Waals surface area contributed by atoms with Gasteiger partial charge in [-0.25, -0.2) is 9.13 Å². The summed E-state index contributed by atoms with van der Waals surface area (Å²) in [6.45, 7) is 9.69. The number of phosphoric acid groups is 2. The Hall–Kier alpha value is -1.94. The van der Waals surface area contributed by atoms with Gasteiger partial charge in [0.1, 0.15) is 19.3 Å². The maximum atomic E-state index is 13.1. The molecule has 0 saturated heterocycles. The van der Waals surface area contributed by atoms with Gasteiger partial charge in [0.15, 0.2) is 12.2 Å². The smallest absolute Gasteiger partial charge is 0.462 e. The minimum Gasteiger partial charge on any atom is -0.462 e. The predicted octanol–water partition coefficient (Wildman–Crippen LogP) is 25.5. The first-order chi connectivity index (χ1) is 49.9. The van der Waals surface area contributed by atoms with Crippen molar-refractivity contribution < 1.29 is 80.2 Å². The number of unbranched alkanes of at least 4 members (excludes halogenated alkanes) is 53. The fourth-order valence-electron chi connectivity index (χ4n) is 13.1. The number of aliphatic hydroxyl groups excluding tert-OH is 1.